The van der Waals surface area contributed by atoms with Gasteiger partial charge in [0.05, 0.1) is 7.11 Å². The summed E-state index contributed by atoms with van der Waals surface area (Å²) in [6, 6.07) is 0.112. The van der Waals surface area contributed by atoms with Gasteiger partial charge in [-0.15, -0.1) is 0 Å². The Morgan fingerprint density at radius 1 is 1.38 bits per heavy atom. The Labute approximate surface area is 77.6 Å². The van der Waals surface area contributed by atoms with Crippen LogP contribution in [0.1, 0.15) is 26.2 Å². The fourth-order valence-electron chi connectivity index (χ4n) is 1.71. The molecule has 0 aromatic carbocycles. The molecular formula is C9H15NO3. The second-order valence-corrected chi connectivity index (χ2v) is 3.45. The number of alkyl carbamates (subject to hydrolysis) is 1. The third kappa shape index (κ3) is 2.72. The van der Waals surface area contributed by atoms with Crippen LogP contribution in [0.15, 0.2) is 0 Å². The first-order chi connectivity index (χ1) is 6.13. The van der Waals surface area contributed by atoms with Crippen LogP contribution in [0.25, 0.3) is 0 Å². The first-order valence-electron chi connectivity index (χ1n) is 4.48. The lowest BCUT2D eigenvalue weighted by Crippen LogP contribution is -2.32. The minimum Gasteiger partial charge on any atom is -0.453 e. The van der Waals surface area contributed by atoms with E-state index in [1.54, 1.807) is 6.92 Å². The first-order valence-corrected chi connectivity index (χ1v) is 4.48. The molecular weight excluding hydrogens is 170 g/mol. The summed E-state index contributed by atoms with van der Waals surface area (Å²) in [4.78, 5) is 21.8. The predicted octanol–water partition coefficient (Wildman–Crippen LogP) is 1.10. The van der Waals surface area contributed by atoms with Crippen molar-refractivity contribution in [1.82, 2.24) is 5.32 Å². The van der Waals surface area contributed by atoms with Gasteiger partial charge in [-0.1, -0.05) is 0 Å². The molecule has 0 aromatic rings. The molecule has 1 N–H and O–H groups in total. The number of carbonyl (C=O) groups excluding carboxylic acids is 2. The highest BCUT2D eigenvalue weighted by Gasteiger charge is 2.28. The van der Waals surface area contributed by atoms with Crippen LogP contribution in [-0.4, -0.2) is 25.0 Å². The molecule has 0 spiro atoms. The minimum absolute atomic E-state index is 0.112. The summed E-state index contributed by atoms with van der Waals surface area (Å²) < 4.78 is 4.47. The number of amides is 1. The van der Waals surface area contributed by atoms with Crippen molar-refractivity contribution in [3.63, 3.8) is 0 Å². The topological polar surface area (TPSA) is 55.4 Å². The van der Waals surface area contributed by atoms with E-state index in [-0.39, 0.29) is 17.7 Å². The van der Waals surface area contributed by atoms with E-state index in [4.69, 9.17) is 0 Å². The van der Waals surface area contributed by atoms with E-state index in [2.05, 4.69) is 10.1 Å². The van der Waals surface area contributed by atoms with Gasteiger partial charge >= 0.3 is 6.09 Å². The SMILES string of the molecule is COC(=O)NC1CC[C@H](C(C)=O)C1. The van der Waals surface area contributed by atoms with Gasteiger partial charge in [-0.05, 0) is 26.2 Å². The van der Waals surface area contributed by atoms with Gasteiger partial charge in [0.25, 0.3) is 0 Å². The summed E-state index contributed by atoms with van der Waals surface area (Å²) in [5.41, 5.74) is 0. The van der Waals surface area contributed by atoms with E-state index < -0.39 is 6.09 Å². The maximum atomic E-state index is 11.0. The Hall–Kier alpha value is -1.06. The zero-order valence-electron chi connectivity index (χ0n) is 8.00. The molecule has 1 saturated carbocycles. The fourth-order valence-corrected chi connectivity index (χ4v) is 1.71. The highest BCUT2D eigenvalue weighted by Crippen LogP contribution is 2.26. The Morgan fingerprint density at radius 2 is 2.08 bits per heavy atom. The Balaban J connectivity index is 2.33. The quantitative estimate of drug-likeness (QED) is 0.700. The number of ether oxygens (including phenoxy) is 1. The van der Waals surface area contributed by atoms with Gasteiger partial charge in [-0.2, -0.15) is 0 Å². The molecule has 0 aliphatic heterocycles. The number of methoxy groups -OCH3 is 1. The van der Waals surface area contributed by atoms with Crippen LogP contribution in [0.2, 0.25) is 0 Å². The van der Waals surface area contributed by atoms with Gasteiger partial charge in [-0.25, -0.2) is 4.79 Å². The number of ketones is 1. The van der Waals surface area contributed by atoms with E-state index in [1.165, 1.54) is 7.11 Å². The van der Waals surface area contributed by atoms with Crippen LogP contribution in [0.5, 0.6) is 0 Å². The van der Waals surface area contributed by atoms with E-state index in [0.29, 0.717) is 0 Å². The van der Waals surface area contributed by atoms with E-state index in [9.17, 15) is 9.59 Å². The van der Waals surface area contributed by atoms with E-state index in [1.807, 2.05) is 0 Å². The molecule has 2 atom stereocenters. The molecule has 4 heteroatoms. The summed E-state index contributed by atoms with van der Waals surface area (Å²) >= 11 is 0. The van der Waals surface area contributed by atoms with Crippen LogP contribution < -0.4 is 5.32 Å². The number of carbonyl (C=O) groups is 2. The number of hydrogen-bond donors (Lipinski definition) is 1. The zero-order valence-corrected chi connectivity index (χ0v) is 8.00. The van der Waals surface area contributed by atoms with Gasteiger partial charge in [0.2, 0.25) is 0 Å². The predicted molar refractivity (Wildman–Crippen MR) is 47.4 cm³/mol. The number of hydrogen-bond acceptors (Lipinski definition) is 3. The van der Waals surface area contributed by atoms with Crippen molar-refractivity contribution in [3.8, 4) is 0 Å². The lowest BCUT2D eigenvalue weighted by Gasteiger charge is -2.10. The first kappa shape index (κ1) is 10.0. The van der Waals surface area contributed by atoms with Crippen molar-refractivity contribution in [3.05, 3.63) is 0 Å². The molecule has 1 aliphatic carbocycles. The van der Waals surface area contributed by atoms with E-state index >= 15 is 0 Å². The van der Waals surface area contributed by atoms with Gasteiger partial charge in [0.15, 0.2) is 0 Å². The van der Waals surface area contributed by atoms with E-state index in [0.717, 1.165) is 19.3 Å². The zero-order chi connectivity index (χ0) is 9.84. The normalized spacial score (nSPS) is 26.9. The molecule has 0 aromatic heterocycles. The molecule has 1 unspecified atom stereocenters. The Morgan fingerprint density at radius 3 is 2.54 bits per heavy atom. The standard InChI is InChI=1S/C9H15NO3/c1-6(11)7-3-4-8(5-7)10-9(12)13-2/h7-8H,3-5H2,1-2H3,(H,10,12)/t7-,8?/m0/s1. The average molecular weight is 185 g/mol. The van der Waals surface area contributed by atoms with Crippen molar-refractivity contribution in [1.29, 1.82) is 0 Å². The molecule has 1 amide bonds. The van der Waals surface area contributed by atoms with Crippen LogP contribution in [-0.2, 0) is 9.53 Å². The molecule has 1 aliphatic rings. The van der Waals surface area contributed by atoms with Crippen molar-refractivity contribution < 1.29 is 14.3 Å². The summed E-state index contributed by atoms with van der Waals surface area (Å²) in [5.74, 6) is 0.344. The maximum absolute atomic E-state index is 11.0. The van der Waals surface area contributed by atoms with Gasteiger partial charge in [-0.3, -0.25) is 4.79 Å². The summed E-state index contributed by atoms with van der Waals surface area (Å²) in [7, 11) is 1.34. The average Bonchev–Trinajstić information content (AvgIpc) is 2.52. The van der Waals surface area contributed by atoms with Gasteiger partial charge < -0.3 is 10.1 Å². The molecule has 1 fully saturated rings. The number of nitrogens with one attached hydrogen (secondary N) is 1. The lowest BCUT2D eigenvalue weighted by molar-refractivity contribution is -0.120. The molecule has 13 heavy (non-hydrogen) atoms. The van der Waals surface area contributed by atoms with Crippen molar-refractivity contribution in [2.75, 3.05) is 7.11 Å². The Kier molecular flexibility index (Phi) is 3.28. The molecule has 0 saturated heterocycles. The van der Waals surface area contributed by atoms with Crippen molar-refractivity contribution in [2.45, 2.75) is 32.2 Å². The fraction of sp³-hybridized carbons (Fsp3) is 0.778. The second kappa shape index (κ2) is 4.25. The van der Waals surface area contributed by atoms with Crippen molar-refractivity contribution in [2.24, 2.45) is 5.92 Å². The smallest absolute Gasteiger partial charge is 0.407 e. The van der Waals surface area contributed by atoms with Crippen LogP contribution >= 0.6 is 0 Å². The molecule has 4 nitrogen and oxygen atoms in total. The molecule has 0 heterocycles. The summed E-state index contributed by atoms with van der Waals surface area (Å²) in [6.45, 7) is 1.60. The third-order valence-electron chi connectivity index (χ3n) is 2.51. The second-order valence-electron chi connectivity index (χ2n) is 3.45. The largest absolute Gasteiger partial charge is 0.453 e. The summed E-state index contributed by atoms with van der Waals surface area (Å²) in [5, 5.41) is 2.70. The summed E-state index contributed by atoms with van der Waals surface area (Å²) in [6.07, 6.45) is 2.10. The molecule has 0 bridgehead atoms. The van der Waals surface area contributed by atoms with Gasteiger partial charge in [0, 0.05) is 12.0 Å². The number of Topliss-reactive ketones (excluding diaryl/α,β-unsaturated/α-hetero) is 1. The van der Waals surface area contributed by atoms with Gasteiger partial charge in [0.1, 0.15) is 5.78 Å². The minimum atomic E-state index is -0.408. The molecule has 74 valence electrons. The Bertz CT molecular complexity index is 215. The molecule has 0 radical (unpaired) electrons. The maximum Gasteiger partial charge on any atom is 0.407 e. The van der Waals surface area contributed by atoms with Crippen molar-refractivity contribution >= 4 is 11.9 Å². The van der Waals surface area contributed by atoms with Crippen LogP contribution in [0.4, 0.5) is 4.79 Å². The number of rotatable bonds is 2. The lowest BCUT2D eigenvalue weighted by atomic mass is 10.0. The highest BCUT2D eigenvalue weighted by atomic mass is 16.5. The molecule has 1 rings (SSSR count). The monoisotopic (exact) mass is 185 g/mol. The third-order valence-corrected chi connectivity index (χ3v) is 2.51. The van der Waals surface area contributed by atoms with Crippen LogP contribution in [0, 0.1) is 5.92 Å². The highest BCUT2D eigenvalue weighted by molar-refractivity contribution is 5.78. The van der Waals surface area contributed by atoms with Crippen LogP contribution in [0.3, 0.4) is 0 Å².